The van der Waals surface area contributed by atoms with Crippen molar-refractivity contribution in [3.63, 3.8) is 0 Å². The minimum absolute atomic E-state index is 0.235. The second kappa shape index (κ2) is 22.2. The fraction of sp³-hybridized carbons (Fsp3) is 0.621. The minimum atomic E-state index is -0.713. The lowest BCUT2D eigenvalue weighted by atomic mass is 9.83. The van der Waals surface area contributed by atoms with Crippen LogP contribution in [-0.4, -0.2) is 16.2 Å². The van der Waals surface area contributed by atoms with Gasteiger partial charge in [-0.1, -0.05) is 101 Å². The van der Waals surface area contributed by atoms with Crippen LogP contribution in [0.15, 0.2) is 60.9 Å². The predicted molar refractivity (Wildman–Crippen MR) is 139 cm³/mol. The Balaban J connectivity index is 5.06. The zero-order chi connectivity index (χ0) is 23.9. The van der Waals surface area contributed by atoms with E-state index >= 15 is 0 Å². The molecule has 0 bridgehead atoms. The number of carboxylic acid groups (broad SMARTS) is 1. The maximum Gasteiger partial charge on any atom is 0.303 e. The van der Waals surface area contributed by atoms with Crippen LogP contribution in [0.2, 0.25) is 0 Å². The molecule has 0 aromatic rings. The number of carboxylic acids is 1. The van der Waals surface area contributed by atoms with Crippen LogP contribution in [0.25, 0.3) is 0 Å². The maximum atomic E-state index is 11.0. The number of unbranched alkanes of at least 4 members (excludes halogenated alkanes) is 6. The van der Waals surface area contributed by atoms with E-state index in [-0.39, 0.29) is 12.2 Å². The Morgan fingerprint density at radius 1 is 0.719 bits per heavy atom. The number of rotatable bonds is 21. The van der Waals surface area contributed by atoms with Crippen LogP contribution in [0.3, 0.4) is 0 Å². The molecular formula is C29H48O3. The fourth-order valence-corrected chi connectivity index (χ4v) is 3.72. The summed E-state index contributed by atoms with van der Waals surface area (Å²) in [5, 5.41) is 18.2. The first kappa shape index (κ1) is 30.0. The van der Waals surface area contributed by atoms with Gasteiger partial charge in [-0.15, -0.1) is 0 Å². The standard InChI is InChI=1S/C29H48O3/c1-4-6-8-9-10-13-17-23-28(24-19-25-29(31)32)27(21-15-7-5-2)22-18-14-11-12-16-20-26(3)30/h10-11,13-14,17-18,22-23,27-28,30H,3-9,12,15-16,19-21,24-25H2,1-2H3,(H,31,32)/b13-10+,14-11+,22-18+,23-17+. The first-order chi connectivity index (χ1) is 15.5. The maximum absolute atomic E-state index is 11.0. The van der Waals surface area contributed by atoms with Gasteiger partial charge in [0, 0.05) is 12.8 Å². The van der Waals surface area contributed by atoms with Crippen LogP contribution in [0, 0.1) is 11.8 Å². The third-order valence-corrected chi connectivity index (χ3v) is 5.64. The summed E-state index contributed by atoms with van der Waals surface area (Å²) < 4.78 is 0. The van der Waals surface area contributed by atoms with Gasteiger partial charge < -0.3 is 10.2 Å². The van der Waals surface area contributed by atoms with Crippen LogP contribution in [0.1, 0.15) is 104 Å². The minimum Gasteiger partial charge on any atom is -0.513 e. The molecule has 0 rings (SSSR count). The predicted octanol–water partition coefficient (Wildman–Crippen LogP) is 9.10. The SMILES string of the molecule is C=C(O)CCC/C=C/C=C/C(CCCCC)C(/C=C/C=C/CCCCC)CCCC(=O)O. The van der Waals surface area contributed by atoms with E-state index in [1.807, 2.05) is 0 Å². The van der Waals surface area contributed by atoms with Crippen LogP contribution < -0.4 is 0 Å². The number of aliphatic hydroxyl groups excluding tert-OH is 1. The molecule has 0 heterocycles. The van der Waals surface area contributed by atoms with E-state index in [9.17, 15) is 4.79 Å². The molecule has 2 N–H and O–H groups in total. The third-order valence-electron chi connectivity index (χ3n) is 5.64. The molecule has 0 aliphatic heterocycles. The quantitative estimate of drug-likeness (QED) is 0.105. The van der Waals surface area contributed by atoms with Gasteiger partial charge in [0.15, 0.2) is 0 Å². The summed E-state index contributed by atoms with van der Waals surface area (Å²) in [6.45, 7) is 7.97. The van der Waals surface area contributed by atoms with Gasteiger partial charge in [-0.3, -0.25) is 4.79 Å². The van der Waals surface area contributed by atoms with Gasteiger partial charge >= 0.3 is 5.97 Å². The van der Waals surface area contributed by atoms with Crippen LogP contribution in [0.5, 0.6) is 0 Å². The summed E-state index contributed by atoms with van der Waals surface area (Å²) in [7, 11) is 0. The summed E-state index contributed by atoms with van der Waals surface area (Å²) >= 11 is 0. The zero-order valence-corrected chi connectivity index (χ0v) is 20.7. The summed E-state index contributed by atoms with van der Waals surface area (Å²) in [5.41, 5.74) is 0. The first-order valence-electron chi connectivity index (χ1n) is 12.8. The highest BCUT2D eigenvalue weighted by Gasteiger charge is 2.16. The van der Waals surface area contributed by atoms with Crippen molar-refractivity contribution in [3.8, 4) is 0 Å². The average molecular weight is 445 g/mol. The van der Waals surface area contributed by atoms with E-state index in [4.69, 9.17) is 10.2 Å². The molecule has 0 saturated heterocycles. The fourth-order valence-electron chi connectivity index (χ4n) is 3.72. The van der Waals surface area contributed by atoms with Crippen molar-refractivity contribution in [1.29, 1.82) is 0 Å². The summed E-state index contributed by atoms with van der Waals surface area (Å²) in [6.07, 6.45) is 31.5. The van der Waals surface area contributed by atoms with Crippen molar-refractivity contribution in [2.75, 3.05) is 0 Å². The van der Waals surface area contributed by atoms with E-state index < -0.39 is 5.97 Å². The first-order valence-corrected chi connectivity index (χ1v) is 12.8. The Labute approximate surface area is 197 Å². The Morgan fingerprint density at radius 3 is 1.78 bits per heavy atom. The van der Waals surface area contributed by atoms with Crippen LogP contribution in [0.4, 0.5) is 0 Å². The average Bonchev–Trinajstić information content (AvgIpc) is 2.75. The van der Waals surface area contributed by atoms with Crippen LogP contribution in [-0.2, 0) is 4.79 Å². The Morgan fingerprint density at radius 2 is 1.25 bits per heavy atom. The highest BCUT2D eigenvalue weighted by molar-refractivity contribution is 5.66. The summed E-state index contributed by atoms with van der Waals surface area (Å²) in [6, 6.07) is 0. The van der Waals surface area contributed by atoms with E-state index in [2.05, 4.69) is 69.0 Å². The molecule has 0 aromatic heterocycles. The molecule has 0 spiro atoms. The lowest BCUT2D eigenvalue weighted by Crippen LogP contribution is -2.12. The second-order valence-corrected chi connectivity index (χ2v) is 8.69. The highest BCUT2D eigenvalue weighted by atomic mass is 16.4. The van der Waals surface area contributed by atoms with Crippen molar-refractivity contribution in [2.45, 2.75) is 104 Å². The van der Waals surface area contributed by atoms with Crippen molar-refractivity contribution < 1.29 is 15.0 Å². The Hall–Kier alpha value is -2.03. The van der Waals surface area contributed by atoms with E-state index in [1.54, 1.807) is 0 Å². The summed E-state index contributed by atoms with van der Waals surface area (Å²) in [5.74, 6) is 0.311. The molecule has 3 nitrogen and oxygen atoms in total. The van der Waals surface area contributed by atoms with E-state index in [0.29, 0.717) is 24.7 Å². The zero-order valence-electron chi connectivity index (χ0n) is 20.7. The number of allylic oxidation sites excluding steroid dienone is 9. The van der Waals surface area contributed by atoms with Gasteiger partial charge in [-0.25, -0.2) is 0 Å². The number of aliphatic hydroxyl groups is 1. The molecule has 2 atom stereocenters. The molecule has 0 fully saturated rings. The molecule has 182 valence electrons. The topological polar surface area (TPSA) is 57.5 Å². The number of hydrogen-bond donors (Lipinski definition) is 2. The molecule has 0 aliphatic rings. The van der Waals surface area contributed by atoms with Crippen LogP contribution >= 0.6 is 0 Å². The molecule has 0 aromatic carbocycles. The third kappa shape index (κ3) is 19.9. The Bertz CT molecular complexity index is 583. The monoisotopic (exact) mass is 444 g/mol. The van der Waals surface area contributed by atoms with Gasteiger partial charge in [0.2, 0.25) is 0 Å². The summed E-state index contributed by atoms with van der Waals surface area (Å²) in [4.78, 5) is 11.0. The van der Waals surface area contributed by atoms with E-state index in [0.717, 1.165) is 32.1 Å². The van der Waals surface area contributed by atoms with Gasteiger partial charge in [-0.2, -0.15) is 0 Å². The number of aliphatic carboxylic acids is 1. The van der Waals surface area contributed by atoms with Gasteiger partial charge in [0.1, 0.15) is 0 Å². The van der Waals surface area contributed by atoms with Crippen molar-refractivity contribution in [2.24, 2.45) is 11.8 Å². The molecule has 0 radical (unpaired) electrons. The largest absolute Gasteiger partial charge is 0.513 e. The second-order valence-electron chi connectivity index (χ2n) is 8.69. The molecule has 0 amide bonds. The van der Waals surface area contributed by atoms with Gasteiger partial charge in [0.05, 0.1) is 5.76 Å². The van der Waals surface area contributed by atoms with Gasteiger partial charge in [0.25, 0.3) is 0 Å². The van der Waals surface area contributed by atoms with Crippen molar-refractivity contribution in [1.82, 2.24) is 0 Å². The van der Waals surface area contributed by atoms with E-state index in [1.165, 1.54) is 38.5 Å². The smallest absolute Gasteiger partial charge is 0.303 e. The number of hydrogen-bond acceptors (Lipinski definition) is 2. The number of carbonyl (C=O) groups is 1. The lowest BCUT2D eigenvalue weighted by Gasteiger charge is -2.22. The molecule has 32 heavy (non-hydrogen) atoms. The molecule has 0 saturated carbocycles. The molecule has 3 heteroatoms. The van der Waals surface area contributed by atoms with Crippen molar-refractivity contribution >= 4 is 5.97 Å². The van der Waals surface area contributed by atoms with Crippen molar-refractivity contribution in [3.05, 3.63) is 60.9 Å². The molecule has 0 aliphatic carbocycles. The Kier molecular flexibility index (Phi) is 20.8. The molecular weight excluding hydrogens is 396 g/mol. The highest BCUT2D eigenvalue weighted by Crippen LogP contribution is 2.27. The molecule has 2 unspecified atom stereocenters. The lowest BCUT2D eigenvalue weighted by molar-refractivity contribution is -0.137. The normalized spacial score (nSPS) is 14.2. The van der Waals surface area contributed by atoms with Gasteiger partial charge in [-0.05, 0) is 56.8 Å².